The molecule has 0 unspecified atom stereocenters. The minimum atomic E-state index is 0.305. The van der Waals surface area contributed by atoms with Gasteiger partial charge in [0.15, 0.2) is 4.96 Å². The number of rotatable bonds is 5. The van der Waals surface area contributed by atoms with Crippen molar-refractivity contribution in [3.8, 4) is 11.3 Å². The molecule has 0 amide bonds. The van der Waals surface area contributed by atoms with E-state index in [1.807, 2.05) is 52.4 Å². The van der Waals surface area contributed by atoms with E-state index in [4.69, 9.17) is 33.0 Å². The van der Waals surface area contributed by atoms with Gasteiger partial charge in [-0.15, -0.1) is 11.3 Å². The van der Waals surface area contributed by atoms with Crippen molar-refractivity contribution in [3.05, 3.63) is 81.4 Å². The van der Waals surface area contributed by atoms with E-state index in [2.05, 4.69) is 5.16 Å². The van der Waals surface area contributed by atoms with Crippen LogP contribution in [0.25, 0.3) is 16.2 Å². The molecular weight excluding hydrogens is 389 g/mol. The maximum atomic E-state index is 6.01. The van der Waals surface area contributed by atoms with Gasteiger partial charge >= 0.3 is 0 Å². The van der Waals surface area contributed by atoms with Crippen molar-refractivity contribution in [3.63, 3.8) is 0 Å². The third-order valence-electron chi connectivity index (χ3n) is 3.81. The zero-order valence-electron chi connectivity index (χ0n) is 13.5. The number of aromatic nitrogens is 2. The SMILES string of the molecule is Clc1ccc(CO/N=C/c2c(-c3ccccc3)nc3sccn23)cc1Cl. The van der Waals surface area contributed by atoms with Gasteiger partial charge < -0.3 is 4.84 Å². The van der Waals surface area contributed by atoms with Crippen LogP contribution in [0.3, 0.4) is 0 Å². The molecule has 0 N–H and O–H groups in total. The molecule has 0 saturated carbocycles. The molecule has 0 aliphatic rings. The number of imidazole rings is 1. The summed E-state index contributed by atoms with van der Waals surface area (Å²) in [6.45, 7) is 0.305. The van der Waals surface area contributed by atoms with Crippen LogP contribution < -0.4 is 0 Å². The fourth-order valence-corrected chi connectivity index (χ4v) is 3.61. The lowest BCUT2D eigenvalue weighted by atomic mass is 10.1. The van der Waals surface area contributed by atoms with E-state index in [1.165, 1.54) is 0 Å². The summed E-state index contributed by atoms with van der Waals surface area (Å²) in [6.07, 6.45) is 3.66. The molecule has 2 heterocycles. The molecule has 0 fully saturated rings. The Bertz CT molecular complexity index is 1070. The highest BCUT2D eigenvalue weighted by Gasteiger charge is 2.13. The molecule has 4 nitrogen and oxygen atoms in total. The van der Waals surface area contributed by atoms with E-state index >= 15 is 0 Å². The van der Waals surface area contributed by atoms with Gasteiger partial charge in [0, 0.05) is 17.1 Å². The topological polar surface area (TPSA) is 38.9 Å². The van der Waals surface area contributed by atoms with Gasteiger partial charge in [-0.1, -0.05) is 64.8 Å². The summed E-state index contributed by atoms with van der Waals surface area (Å²) >= 11 is 13.5. The minimum Gasteiger partial charge on any atom is -0.391 e. The van der Waals surface area contributed by atoms with Gasteiger partial charge in [0.05, 0.1) is 27.6 Å². The van der Waals surface area contributed by atoms with Crippen molar-refractivity contribution in [2.24, 2.45) is 5.16 Å². The lowest BCUT2D eigenvalue weighted by Gasteiger charge is -2.02. The maximum Gasteiger partial charge on any atom is 0.194 e. The Morgan fingerprint density at radius 3 is 2.77 bits per heavy atom. The first-order valence-corrected chi connectivity index (χ1v) is 9.46. The number of halogens is 2. The number of oxime groups is 1. The quantitative estimate of drug-likeness (QED) is 0.307. The average molecular weight is 402 g/mol. The third-order valence-corrected chi connectivity index (χ3v) is 5.31. The van der Waals surface area contributed by atoms with Crippen molar-refractivity contribution >= 4 is 45.7 Å². The Morgan fingerprint density at radius 1 is 1.12 bits per heavy atom. The standard InChI is InChI=1S/C19H13Cl2N3OS/c20-15-7-6-13(10-16(15)21)12-25-22-11-17-18(14-4-2-1-3-5-14)23-19-24(17)8-9-26-19/h1-11H,12H2/b22-11+. The second-order valence-corrected chi connectivity index (χ2v) is 7.21. The summed E-state index contributed by atoms with van der Waals surface area (Å²) in [5, 5.41) is 7.13. The van der Waals surface area contributed by atoms with Crippen LogP contribution >= 0.6 is 34.5 Å². The molecule has 0 radical (unpaired) electrons. The first-order valence-electron chi connectivity index (χ1n) is 7.82. The Balaban J connectivity index is 1.57. The molecule has 2 aromatic heterocycles. The van der Waals surface area contributed by atoms with Gasteiger partial charge in [-0.2, -0.15) is 0 Å². The van der Waals surface area contributed by atoms with E-state index < -0.39 is 0 Å². The van der Waals surface area contributed by atoms with Crippen LogP contribution in [0.15, 0.2) is 65.3 Å². The summed E-state index contributed by atoms with van der Waals surface area (Å²) in [4.78, 5) is 11.0. The maximum absolute atomic E-state index is 6.01. The van der Waals surface area contributed by atoms with Crippen LogP contribution in [0.2, 0.25) is 10.0 Å². The predicted octanol–water partition coefficient (Wildman–Crippen LogP) is 5.92. The molecule has 0 atom stereocenters. The highest BCUT2D eigenvalue weighted by Crippen LogP contribution is 2.26. The minimum absolute atomic E-state index is 0.305. The molecule has 0 aliphatic heterocycles. The second kappa shape index (κ2) is 7.50. The molecule has 0 saturated heterocycles. The van der Waals surface area contributed by atoms with E-state index in [0.717, 1.165) is 27.5 Å². The smallest absolute Gasteiger partial charge is 0.194 e. The molecule has 4 aromatic rings. The summed E-state index contributed by atoms with van der Waals surface area (Å²) in [6, 6.07) is 15.4. The number of nitrogens with zero attached hydrogens (tertiary/aromatic N) is 3. The molecule has 0 aliphatic carbocycles. The number of thiazole rings is 1. The van der Waals surface area contributed by atoms with Crippen molar-refractivity contribution in [1.82, 2.24) is 9.38 Å². The van der Waals surface area contributed by atoms with Crippen molar-refractivity contribution in [2.45, 2.75) is 6.61 Å². The Hall–Kier alpha value is -2.34. The molecule has 2 aromatic carbocycles. The molecule has 0 bridgehead atoms. The van der Waals surface area contributed by atoms with Crippen molar-refractivity contribution < 1.29 is 4.84 Å². The number of hydrogen-bond donors (Lipinski definition) is 0. The summed E-state index contributed by atoms with van der Waals surface area (Å²) < 4.78 is 2.00. The van der Waals surface area contributed by atoms with E-state index in [1.54, 1.807) is 29.7 Å². The van der Waals surface area contributed by atoms with Gasteiger partial charge in [-0.3, -0.25) is 4.40 Å². The second-order valence-electron chi connectivity index (χ2n) is 5.52. The molecule has 7 heteroatoms. The summed E-state index contributed by atoms with van der Waals surface area (Å²) in [7, 11) is 0. The van der Waals surface area contributed by atoms with Crippen molar-refractivity contribution in [1.29, 1.82) is 0 Å². The first kappa shape index (κ1) is 17.1. The predicted molar refractivity (Wildman–Crippen MR) is 107 cm³/mol. The van der Waals surface area contributed by atoms with Gasteiger partial charge in [0.1, 0.15) is 6.61 Å². The largest absolute Gasteiger partial charge is 0.391 e. The van der Waals surface area contributed by atoms with Crippen LogP contribution in [0, 0.1) is 0 Å². The van der Waals surface area contributed by atoms with Crippen LogP contribution in [0.5, 0.6) is 0 Å². The monoisotopic (exact) mass is 401 g/mol. The molecule has 4 rings (SSSR count). The summed E-state index contributed by atoms with van der Waals surface area (Å²) in [5.41, 5.74) is 3.68. The highest BCUT2D eigenvalue weighted by molar-refractivity contribution is 7.15. The molecule has 130 valence electrons. The van der Waals surface area contributed by atoms with Crippen molar-refractivity contribution in [2.75, 3.05) is 0 Å². The van der Waals surface area contributed by atoms with Crippen LogP contribution in [-0.2, 0) is 11.4 Å². The Labute approximate surface area is 164 Å². The van der Waals surface area contributed by atoms with Gasteiger partial charge in [-0.05, 0) is 17.7 Å². The van der Waals surface area contributed by atoms with Gasteiger partial charge in [0.25, 0.3) is 0 Å². The third kappa shape index (κ3) is 3.46. The highest BCUT2D eigenvalue weighted by atomic mass is 35.5. The molecule has 26 heavy (non-hydrogen) atoms. The van der Waals surface area contributed by atoms with Crippen LogP contribution in [-0.4, -0.2) is 15.6 Å². The zero-order valence-corrected chi connectivity index (χ0v) is 15.8. The van der Waals surface area contributed by atoms with E-state index in [-0.39, 0.29) is 0 Å². The fourth-order valence-electron chi connectivity index (χ4n) is 2.56. The Morgan fingerprint density at radius 2 is 1.96 bits per heavy atom. The molecule has 0 spiro atoms. The fraction of sp³-hybridized carbons (Fsp3) is 0.0526. The van der Waals surface area contributed by atoms with Gasteiger partial charge in [-0.25, -0.2) is 4.98 Å². The number of fused-ring (bicyclic) bond motifs is 1. The summed E-state index contributed by atoms with van der Waals surface area (Å²) in [5.74, 6) is 0. The van der Waals surface area contributed by atoms with E-state index in [0.29, 0.717) is 16.7 Å². The zero-order chi connectivity index (χ0) is 17.9. The normalized spacial score (nSPS) is 11.5. The number of hydrogen-bond acceptors (Lipinski definition) is 4. The molecular formula is C19H13Cl2N3OS. The lowest BCUT2D eigenvalue weighted by Crippen LogP contribution is -1.93. The lowest BCUT2D eigenvalue weighted by molar-refractivity contribution is 0.132. The first-order chi connectivity index (χ1) is 12.7. The Kier molecular flexibility index (Phi) is 4.93. The van der Waals surface area contributed by atoms with E-state index in [9.17, 15) is 0 Å². The average Bonchev–Trinajstić information content (AvgIpc) is 3.24. The van der Waals surface area contributed by atoms with Gasteiger partial charge in [0.2, 0.25) is 0 Å². The van der Waals surface area contributed by atoms with Crippen LogP contribution in [0.1, 0.15) is 11.3 Å². The van der Waals surface area contributed by atoms with Crippen LogP contribution in [0.4, 0.5) is 0 Å². The number of benzene rings is 2.